The predicted molar refractivity (Wildman–Crippen MR) is 77.3 cm³/mol. The van der Waals surface area contributed by atoms with Gasteiger partial charge >= 0.3 is 11.9 Å². The van der Waals surface area contributed by atoms with Crippen molar-refractivity contribution in [2.24, 2.45) is 0 Å². The number of carbonyl (C=O) groups is 2. The van der Waals surface area contributed by atoms with Crippen molar-refractivity contribution in [1.29, 1.82) is 0 Å². The van der Waals surface area contributed by atoms with Gasteiger partial charge in [0.2, 0.25) is 6.79 Å². The maximum Gasteiger partial charge on any atom is 0.414 e. The van der Waals surface area contributed by atoms with Crippen LogP contribution in [0.25, 0.3) is 0 Å². The number of hydrogen-bond acceptors (Lipinski definition) is 5. The number of aliphatic carboxylic acids is 2. The third kappa shape index (κ3) is 4.11. The number of rotatable bonds is 1. The first-order valence-corrected chi connectivity index (χ1v) is 7.01. The molecule has 7 nitrogen and oxygen atoms in total. The van der Waals surface area contributed by atoms with Crippen molar-refractivity contribution in [2.75, 3.05) is 26.9 Å². The Hall–Kier alpha value is -2.28. The Morgan fingerprint density at radius 1 is 1.09 bits per heavy atom. The number of hydrogen-bond donors (Lipinski definition) is 2. The third-order valence-corrected chi connectivity index (χ3v) is 3.77. The van der Waals surface area contributed by atoms with Crippen molar-refractivity contribution >= 4 is 11.9 Å². The van der Waals surface area contributed by atoms with Gasteiger partial charge in [-0.1, -0.05) is 6.07 Å². The van der Waals surface area contributed by atoms with Gasteiger partial charge < -0.3 is 24.6 Å². The topological polar surface area (TPSA) is 96.3 Å². The summed E-state index contributed by atoms with van der Waals surface area (Å²) in [7, 11) is 2.19. The quantitative estimate of drug-likeness (QED) is 0.756. The van der Waals surface area contributed by atoms with Crippen molar-refractivity contribution in [2.45, 2.75) is 18.8 Å². The first-order chi connectivity index (χ1) is 10.5. The van der Waals surface area contributed by atoms with Gasteiger partial charge in [0.1, 0.15) is 0 Å². The standard InChI is InChI=1S/C13H17NO2.C2H2O4/c1-14-6-4-10(5-7-14)11-2-3-12-13(8-11)16-9-15-12;3-1(4)2(5)6/h2-3,8,10H,4-7,9H2,1H3;(H,3,4)(H,5,6). The van der Waals surface area contributed by atoms with Crippen LogP contribution in [0.3, 0.4) is 0 Å². The third-order valence-electron chi connectivity index (χ3n) is 3.77. The summed E-state index contributed by atoms with van der Waals surface area (Å²) in [6.45, 7) is 2.75. The molecule has 0 aromatic heterocycles. The van der Waals surface area contributed by atoms with E-state index < -0.39 is 11.9 Å². The molecule has 7 heteroatoms. The molecule has 0 bridgehead atoms. The SMILES string of the molecule is CN1CCC(c2ccc3c(c2)OCO3)CC1.O=C(O)C(=O)O. The molecule has 1 aromatic rings. The lowest BCUT2D eigenvalue weighted by Crippen LogP contribution is -2.29. The van der Waals surface area contributed by atoms with Gasteiger partial charge in [0, 0.05) is 0 Å². The molecule has 2 aliphatic rings. The minimum Gasteiger partial charge on any atom is -0.473 e. The summed E-state index contributed by atoms with van der Waals surface area (Å²) < 4.78 is 10.7. The van der Waals surface area contributed by atoms with Gasteiger partial charge in [-0.2, -0.15) is 0 Å². The Kier molecular flexibility index (Phi) is 5.21. The van der Waals surface area contributed by atoms with E-state index in [4.69, 9.17) is 29.3 Å². The molecular formula is C15H19NO6. The highest BCUT2D eigenvalue weighted by Crippen LogP contribution is 2.37. The minimum atomic E-state index is -1.82. The molecule has 0 unspecified atom stereocenters. The van der Waals surface area contributed by atoms with E-state index in [1.165, 1.54) is 31.5 Å². The molecule has 0 atom stereocenters. The van der Waals surface area contributed by atoms with Crippen LogP contribution in [-0.4, -0.2) is 54.0 Å². The number of carboxylic acid groups (broad SMARTS) is 2. The summed E-state index contributed by atoms with van der Waals surface area (Å²) in [6.07, 6.45) is 2.49. The van der Waals surface area contributed by atoms with E-state index in [1.54, 1.807) is 0 Å². The molecule has 0 amide bonds. The van der Waals surface area contributed by atoms with E-state index in [-0.39, 0.29) is 0 Å². The molecule has 0 spiro atoms. The van der Waals surface area contributed by atoms with Crippen LogP contribution in [0.15, 0.2) is 18.2 Å². The zero-order valence-corrected chi connectivity index (χ0v) is 12.3. The summed E-state index contributed by atoms with van der Waals surface area (Å²) in [5.74, 6) is -1.16. The number of carboxylic acids is 2. The van der Waals surface area contributed by atoms with Crippen molar-refractivity contribution in [3.63, 3.8) is 0 Å². The molecule has 0 radical (unpaired) electrons. The smallest absolute Gasteiger partial charge is 0.414 e. The Labute approximate surface area is 128 Å². The largest absolute Gasteiger partial charge is 0.473 e. The Morgan fingerprint density at radius 3 is 2.27 bits per heavy atom. The van der Waals surface area contributed by atoms with E-state index in [2.05, 4.69) is 24.1 Å². The highest BCUT2D eigenvalue weighted by molar-refractivity contribution is 6.27. The van der Waals surface area contributed by atoms with Gasteiger partial charge in [-0.25, -0.2) is 9.59 Å². The van der Waals surface area contributed by atoms with Crippen LogP contribution in [0.5, 0.6) is 11.5 Å². The maximum absolute atomic E-state index is 9.10. The number of piperidine rings is 1. The molecule has 22 heavy (non-hydrogen) atoms. The Bertz CT molecular complexity index is 539. The lowest BCUT2D eigenvalue weighted by Gasteiger charge is -2.29. The lowest BCUT2D eigenvalue weighted by atomic mass is 9.89. The molecular weight excluding hydrogens is 290 g/mol. The van der Waals surface area contributed by atoms with Crippen LogP contribution in [0.1, 0.15) is 24.3 Å². The maximum atomic E-state index is 9.10. The second-order valence-electron chi connectivity index (χ2n) is 5.30. The van der Waals surface area contributed by atoms with Crippen LogP contribution in [0.2, 0.25) is 0 Å². The van der Waals surface area contributed by atoms with Crippen LogP contribution >= 0.6 is 0 Å². The normalized spacial score (nSPS) is 17.5. The summed E-state index contributed by atoms with van der Waals surface area (Å²) in [5, 5.41) is 14.8. The summed E-state index contributed by atoms with van der Waals surface area (Å²) >= 11 is 0. The van der Waals surface area contributed by atoms with E-state index in [0.717, 1.165) is 11.5 Å². The second-order valence-corrected chi connectivity index (χ2v) is 5.30. The zero-order valence-electron chi connectivity index (χ0n) is 12.3. The molecule has 0 aliphatic carbocycles. The fraction of sp³-hybridized carbons (Fsp3) is 0.467. The molecule has 0 saturated carbocycles. The van der Waals surface area contributed by atoms with Crippen molar-refractivity contribution in [1.82, 2.24) is 4.90 Å². The van der Waals surface area contributed by atoms with Crippen LogP contribution in [-0.2, 0) is 9.59 Å². The van der Waals surface area contributed by atoms with Gasteiger partial charge in [-0.3, -0.25) is 0 Å². The van der Waals surface area contributed by atoms with Gasteiger partial charge in [-0.05, 0) is 56.6 Å². The molecule has 1 saturated heterocycles. The molecule has 2 aliphatic heterocycles. The summed E-state index contributed by atoms with van der Waals surface area (Å²) in [5.41, 5.74) is 1.40. The molecule has 2 N–H and O–H groups in total. The molecule has 3 rings (SSSR count). The number of nitrogens with zero attached hydrogens (tertiary/aromatic N) is 1. The van der Waals surface area contributed by atoms with Crippen molar-refractivity contribution in [3.05, 3.63) is 23.8 Å². The Balaban J connectivity index is 0.000000254. The van der Waals surface area contributed by atoms with Gasteiger partial charge in [0.15, 0.2) is 11.5 Å². The molecule has 1 fully saturated rings. The van der Waals surface area contributed by atoms with Crippen LogP contribution < -0.4 is 9.47 Å². The molecule has 120 valence electrons. The molecule has 2 heterocycles. The fourth-order valence-corrected chi connectivity index (χ4v) is 2.51. The van der Waals surface area contributed by atoms with Gasteiger partial charge in [0.25, 0.3) is 0 Å². The van der Waals surface area contributed by atoms with Gasteiger partial charge in [-0.15, -0.1) is 0 Å². The highest BCUT2D eigenvalue weighted by atomic mass is 16.7. The number of benzene rings is 1. The predicted octanol–water partition coefficient (Wildman–Crippen LogP) is 1.38. The average Bonchev–Trinajstić information content (AvgIpc) is 2.96. The minimum absolute atomic E-state index is 0.367. The van der Waals surface area contributed by atoms with E-state index in [1.807, 2.05) is 6.07 Å². The lowest BCUT2D eigenvalue weighted by molar-refractivity contribution is -0.159. The summed E-state index contributed by atoms with van der Waals surface area (Å²) in [4.78, 5) is 20.6. The van der Waals surface area contributed by atoms with E-state index >= 15 is 0 Å². The van der Waals surface area contributed by atoms with Crippen molar-refractivity contribution < 1.29 is 29.3 Å². The zero-order chi connectivity index (χ0) is 16.1. The summed E-state index contributed by atoms with van der Waals surface area (Å²) in [6, 6.07) is 6.37. The number of likely N-dealkylation sites (tertiary alicyclic amines) is 1. The fourth-order valence-electron chi connectivity index (χ4n) is 2.51. The second kappa shape index (κ2) is 7.13. The number of ether oxygens (including phenoxy) is 2. The van der Waals surface area contributed by atoms with Crippen LogP contribution in [0, 0.1) is 0 Å². The first-order valence-electron chi connectivity index (χ1n) is 7.01. The molecule has 1 aromatic carbocycles. The monoisotopic (exact) mass is 309 g/mol. The van der Waals surface area contributed by atoms with Crippen LogP contribution in [0.4, 0.5) is 0 Å². The van der Waals surface area contributed by atoms with Gasteiger partial charge in [0.05, 0.1) is 0 Å². The average molecular weight is 309 g/mol. The highest BCUT2D eigenvalue weighted by Gasteiger charge is 2.21. The first kappa shape index (κ1) is 16.1. The number of fused-ring (bicyclic) bond motifs is 1. The van der Waals surface area contributed by atoms with Crippen molar-refractivity contribution in [3.8, 4) is 11.5 Å². The Morgan fingerprint density at radius 2 is 1.68 bits per heavy atom. The van der Waals surface area contributed by atoms with E-state index in [9.17, 15) is 0 Å². The van der Waals surface area contributed by atoms with E-state index in [0.29, 0.717) is 12.7 Å².